The van der Waals surface area contributed by atoms with Crippen LogP contribution in [0.4, 0.5) is 5.69 Å². The van der Waals surface area contributed by atoms with Crippen LogP contribution in [0.2, 0.25) is 0 Å². The molecule has 0 aliphatic carbocycles. The molecule has 0 radical (unpaired) electrons. The predicted molar refractivity (Wildman–Crippen MR) is 132 cm³/mol. The van der Waals surface area contributed by atoms with Crippen LogP contribution in [-0.2, 0) is 9.59 Å². The summed E-state index contributed by atoms with van der Waals surface area (Å²) in [6.07, 6.45) is 1.61. The minimum Gasteiger partial charge on any atom is -0.507 e. The Kier molecular flexibility index (Phi) is 6.24. The number of aryl methyl sites for hydroxylation is 2. The van der Waals surface area contributed by atoms with Gasteiger partial charge in [-0.25, -0.2) is 0 Å². The number of para-hydroxylation sites is 1. The number of anilines is 1. The van der Waals surface area contributed by atoms with Crippen LogP contribution in [0, 0.1) is 13.8 Å². The van der Waals surface area contributed by atoms with Crippen molar-refractivity contribution >= 4 is 23.1 Å². The number of aromatic nitrogens is 1. The van der Waals surface area contributed by atoms with Gasteiger partial charge in [-0.3, -0.25) is 19.5 Å². The van der Waals surface area contributed by atoms with E-state index in [1.165, 1.54) is 4.90 Å². The van der Waals surface area contributed by atoms with Gasteiger partial charge in [-0.05, 0) is 66.8 Å². The average Bonchev–Trinajstić information content (AvgIpc) is 3.09. The summed E-state index contributed by atoms with van der Waals surface area (Å²) in [6.45, 7) is 7.78. The molecule has 6 heteroatoms. The second-order valence-corrected chi connectivity index (χ2v) is 8.77. The Labute approximate surface area is 199 Å². The van der Waals surface area contributed by atoms with Crippen molar-refractivity contribution in [3.05, 3.63) is 94.3 Å². The lowest BCUT2D eigenvalue weighted by Crippen LogP contribution is -2.30. The summed E-state index contributed by atoms with van der Waals surface area (Å²) in [7, 11) is 1.61. The van der Waals surface area contributed by atoms with Crippen LogP contribution in [0.5, 0.6) is 5.75 Å². The van der Waals surface area contributed by atoms with E-state index in [2.05, 4.69) is 4.98 Å². The molecule has 1 aliphatic rings. The molecular weight excluding hydrogens is 428 g/mol. The zero-order valence-electron chi connectivity index (χ0n) is 20.0. The van der Waals surface area contributed by atoms with Gasteiger partial charge in [0.05, 0.1) is 18.4 Å². The highest BCUT2D eigenvalue weighted by molar-refractivity contribution is 6.51. The van der Waals surface area contributed by atoms with Crippen LogP contribution in [0.25, 0.3) is 5.76 Å². The normalized spacial score (nSPS) is 17.5. The second kappa shape index (κ2) is 9.14. The molecule has 1 aliphatic heterocycles. The molecule has 0 saturated carbocycles. The number of nitrogens with zero attached hydrogens (tertiary/aromatic N) is 2. The van der Waals surface area contributed by atoms with Crippen molar-refractivity contribution in [2.75, 3.05) is 12.0 Å². The lowest BCUT2D eigenvalue weighted by atomic mass is 9.92. The first-order valence-corrected chi connectivity index (χ1v) is 11.2. The number of methoxy groups -OCH3 is 1. The minimum atomic E-state index is -0.855. The maximum absolute atomic E-state index is 13.4. The lowest BCUT2D eigenvalue weighted by Gasteiger charge is -2.26. The number of carbonyl (C=O) groups is 2. The standard InChI is InChI=1S/C28H28N2O4/c1-16(2)19-15-20(18(4)14-23(19)34-5)26(31)24-25(21-11-8-9-13-29-21)30(28(33)27(24)32)22-12-7-6-10-17(22)3/h6-16,25,31H,1-5H3/b26-24+. The molecule has 174 valence electrons. The van der Waals surface area contributed by atoms with E-state index < -0.39 is 17.7 Å². The van der Waals surface area contributed by atoms with Gasteiger partial charge in [0.25, 0.3) is 11.7 Å². The molecular formula is C28H28N2O4. The second-order valence-electron chi connectivity index (χ2n) is 8.77. The molecule has 0 spiro atoms. The number of carbonyl (C=O) groups excluding carboxylic acids is 2. The van der Waals surface area contributed by atoms with E-state index in [0.717, 1.165) is 16.7 Å². The van der Waals surface area contributed by atoms with Gasteiger partial charge >= 0.3 is 0 Å². The zero-order valence-corrected chi connectivity index (χ0v) is 20.0. The molecule has 3 aromatic rings. The highest BCUT2D eigenvalue weighted by atomic mass is 16.5. The number of ketones is 1. The van der Waals surface area contributed by atoms with Crippen molar-refractivity contribution < 1.29 is 19.4 Å². The van der Waals surface area contributed by atoms with Crippen molar-refractivity contribution in [1.29, 1.82) is 0 Å². The molecule has 2 heterocycles. The topological polar surface area (TPSA) is 79.7 Å². The van der Waals surface area contributed by atoms with Gasteiger partial charge in [-0.1, -0.05) is 38.1 Å². The molecule has 34 heavy (non-hydrogen) atoms. The summed E-state index contributed by atoms with van der Waals surface area (Å²) < 4.78 is 5.53. The lowest BCUT2D eigenvalue weighted by molar-refractivity contribution is -0.132. The van der Waals surface area contributed by atoms with Crippen molar-refractivity contribution in [3.8, 4) is 5.75 Å². The number of aliphatic hydroxyl groups is 1. The van der Waals surface area contributed by atoms with Crippen LogP contribution in [-0.4, -0.2) is 28.9 Å². The van der Waals surface area contributed by atoms with E-state index in [0.29, 0.717) is 22.7 Å². The molecule has 1 unspecified atom stereocenters. The quantitative estimate of drug-likeness (QED) is 0.313. The fourth-order valence-electron chi connectivity index (χ4n) is 4.46. The summed E-state index contributed by atoms with van der Waals surface area (Å²) in [6, 6.07) is 15.5. The molecule has 1 amide bonds. The van der Waals surface area contributed by atoms with E-state index in [1.807, 2.05) is 58.0 Å². The van der Waals surface area contributed by atoms with Gasteiger partial charge < -0.3 is 9.84 Å². The zero-order chi connectivity index (χ0) is 24.6. The maximum atomic E-state index is 13.4. The Hall–Kier alpha value is -3.93. The molecule has 1 fully saturated rings. The third kappa shape index (κ3) is 3.85. The van der Waals surface area contributed by atoms with E-state index in [-0.39, 0.29) is 17.3 Å². The van der Waals surface area contributed by atoms with Crippen LogP contribution in [0.15, 0.2) is 66.4 Å². The molecule has 1 atom stereocenters. The van der Waals surface area contributed by atoms with Crippen molar-refractivity contribution in [1.82, 2.24) is 4.98 Å². The van der Waals surface area contributed by atoms with Crippen LogP contribution in [0.1, 0.15) is 53.8 Å². The third-order valence-corrected chi connectivity index (χ3v) is 6.24. The van der Waals surface area contributed by atoms with E-state index >= 15 is 0 Å². The monoisotopic (exact) mass is 456 g/mol. The first-order chi connectivity index (χ1) is 16.3. The average molecular weight is 457 g/mol. The molecule has 1 N–H and O–H groups in total. The summed E-state index contributed by atoms with van der Waals surface area (Å²) in [5, 5.41) is 11.5. The SMILES string of the molecule is COc1cc(C)c(/C(O)=C2\C(=O)C(=O)N(c3ccccc3C)C2c2ccccn2)cc1C(C)C. The number of pyridine rings is 1. The van der Waals surface area contributed by atoms with Gasteiger partial charge in [0.15, 0.2) is 0 Å². The molecule has 2 aromatic carbocycles. The predicted octanol–water partition coefficient (Wildman–Crippen LogP) is 5.46. The Balaban J connectivity index is 1.99. The smallest absolute Gasteiger partial charge is 0.300 e. The molecule has 0 bridgehead atoms. The van der Waals surface area contributed by atoms with Gasteiger partial charge in [0, 0.05) is 17.4 Å². The molecule has 1 aromatic heterocycles. The Morgan fingerprint density at radius 2 is 1.74 bits per heavy atom. The highest BCUT2D eigenvalue weighted by Gasteiger charge is 2.48. The van der Waals surface area contributed by atoms with Crippen LogP contribution in [0.3, 0.4) is 0 Å². The van der Waals surface area contributed by atoms with Gasteiger partial charge in [0.2, 0.25) is 0 Å². The van der Waals surface area contributed by atoms with E-state index in [1.54, 1.807) is 37.6 Å². The number of Topliss-reactive ketones (excluding diaryl/α,β-unsaturated/α-hetero) is 1. The maximum Gasteiger partial charge on any atom is 0.300 e. The Morgan fingerprint density at radius 3 is 2.35 bits per heavy atom. The van der Waals surface area contributed by atoms with E-state index in [9.17, 15) is 14.7 Å². The number of hydrogen-bond acceptors (Lipinski definition) is 5. The third-order valence-electron chi connectivity index (χ3n) is 6.24. The first kappa shape index (κ1) is 23.2. The van der Waals surface area contributed by atoms with Crippen molar-refractivity contribution in [3.63, 3.8) is 0 Å². The van der Waals surface area contributed by atoms with Gasteiger partial charge in [-0.2, -0.15) is 0 Å². The largest absolute Gasteiger partial charge is 0.507 e. The Bertz CT molecular complexity index is 1300. The number of ether oxygens (including phenoxy) is 1. The fourth-order valence-corrected chi connectivity index (χ4v) is 4.46. The number of benzene rings is 2. The minimum absolute atomic E-state index is 0.0231. The molecule has 4 rings (SSSR count). The van der Waals surface area contributed by atoms with Crippen LogP contribution >= 0.6 is 0 Å². The number of rotatable bonds is 5. The summed E-state index contributed by atoms with van der Waals surface area (Å²) in [5.41, 5.74) is 4.10. The van der Waals surface area contributed by atoms with Crippen LogP contribution < -0.4 is 9.64 Å². The van der Waals surface area contributed by atoms with Crippen molar-refractivity contribution in [2.24, 2.45) is 0 Å². The fraction of sp³-hybridized carbons (Fsp3) is 0.250. The summed E-state index contributed by atoms with van der Waals surface area (Å²) in [5.74, 6) is -0.805. The van der Waals surface area contributed by atoms with Gasteiger partial charge in [0.1, 0.15) is 17.6 Å². The first-order valence-electron chi connectivity index (χ1n) is 11.2. The number of hydrogen-bond donors (Lipinski definition) is 1. The number of amides is 1. The summed E-state index contributed by atoms with van der Waals surface area (Å²) >= 11 is 0. The highest BCUT2D eigenvalue weighted by Crippen LogP contribution is 2.43. The van der Waals surface area contributed by atoms with Gasteiger partial charge in [-0.15, -0.1) is 0 Å². The van der Waals surface area contributed by atoms with Crippen molar-refractivity contribution in [2.45, 2.75) is 39.7 Å². The number of aliphatic hydroxyl groups excluding tert-OH is 1. The molecule has 6 nitrogen and oxygen atoms in total. The summed E-state index contributed by atoms with van der Waals surface area (Å²) in [4.78, 5) is 32.6. The molecule has 1 saturated heterocycles. The van der Waals surface area contributed by atoms with E-state index in [4.69, 9.17) is 4.74 Å². The Morgan fingerprint density at radius 1 is 1.03 bits per heavy atom.